The molecule has 1 N–H and O–H groups in total. The maximum absolute atomic E-state index is 13.3. The lowest BCUT2D eigenvalue weighted by atomic mass is 10.2. The van der Waals surface area contributed by atoms with E-state index in [9.17, 15) is 9.59 Å². The third kappa shape index (κ3) is 4.52. The quantitative estimate of drug-likeness (QED) is 0.336. The highest BCUT2D eigenvalue weighted by Gasteiger charge is 2.15. The van der Waals surface area contributed by atoms with Crippen LogP contribution in [0, 0.1) is 18.3 Å². The molecule has 6 nitrogen and oxygen atoms in total. The van der Waals surface area contributed by atoms with Crippen molar-refractivity contribution in [2.45, 2.75) is 12.1 Å². The fourth-order valence-electron chi connectivity index (χ4n) is 3.11. The maximum Gasteiger partial charge on any atom is 0.266 e. The van der Waals surface area contributed by atoms with Gasteiger partial charge in [0.05, 0.1) is 34.0 Å². The number of fused-ring (bicyclic) bond motifs is 1. The summed E-state index contributed by atoms with van der Waals surface area (Å²) in [7, 11) is 0. The minimum absolute atomic E-state index is 0.0460. The summed E-state index contributed by atoms with van der Waals surface area (Å²) >= 11 is 7.46. The minimum atomic E-state index is -0.254. The second-order valence-electron chi connectivity index (χ2n) is 7.01. The average molecular weight is 461 g/mol. The molecule has 32 heavy (non-hydrogen) atoms. The zero-order valence-corrected chi connectivity index (χ0v) is 18.6. The van der Waals surface area contributed by atoms with Gasteiger partial charge in [-0.2, -0.15) is 5.26 Å². The van der Waals surface area contributed by atoms with Gasteiger partial charge in [-0.25, -0.2) is 4.98 Å². The van der Waals surface area contributed by atoms with Crippen LogP contribution < -0.4 is 10.9 Å². The molecule has 0 saturated heterocycles. The highest BCUT2D eigenvalue weighted by atomic mass is 35.5. The van der Waals surface area contributed by atoms with Crippen LogP contribution in [0.5, 0.6) is 0 Å². The molecule has 0 bridgehead atoms. The van der Waals surface area contributed by atoms with Crippen molar-refractivity contribution in [1.29, 1.82) is 5.26 Å². The molecule has 0 saturated carbocycles. The Balaban J connectivity index is 1.66. The zero-order valence-electron chi connectivity index (χ0n) is 17.0. The average Bonchev–Trinajstić information content (AvgIpc) is 2.80. The van der Waals surface area contributed by atoms with Crippen LogP contribution >= 0.6 is 23.4 Å². The van der Waals surface area contributed by atoms with Crippen molar-refractivity contribution in [3.63, 3.8) is 0 Å². The van der Waals surface area contributed by atoms with E-state index in [4.69, 9.17) is 16.9 Å². The van der Waals surface area contributed by atoms with Gasteiger partial charge in [-0.3, -0.25) is 14.2 Å². The lowest BCUT2D eigenvalue weighted by Crippen LogP contribution is -2.23. The molecule has 3 aromatic carbocycles. The Hall–Kier alpha value is -3.60. The van der Waals surface area contributed by atoms with E-state index in [1.54, 1.807) is 54.6 Å². The summed E-state index contributed by atoms with van der Waals surface area (Å²) in [6.07, 6.45) is 0. The largest absolute Gasteiger partial charge is 0.325 e. The van der Waals surface area contributed by atoms with Crippen LogP contribution in [-0.2, 0) is 4.79 Å². The summed E-state index contributed by atoms with van der Waals surface area (Å²) in [4.78, 5) is 30.4. The first-order chi connectivity index (χ1) is 15.5. The molecule has 0 atom stereocenters. The summed E-state index contributed by atoms with van der Waals surface area (Å²) in [6.45, 7) is 1.89. The van der Waals surface area contributed by atoms with Crippen LogP contribution in [0.15, 0.2) is 76.7 Å². The fourth-order valence-corrected chi connectivity index (χ4v) is 4.10. The molecule has 0 spiro atoms. The number of benzene rings is 3. The van der Waals surface area contributed by atoms with Crippen LogP contribution in [0.25, 0.3) is 16.6 Å². The van der Waals surface area contributed by atoms with Gasteiger partial charge in [-0.15, -0.1) is 0 Å². The van der Waals surface area contributed by atoms with Crippen molar-refractivity contribution in [3.05, 3.63) is 93.2 Å². The van der Waals surface area contributed by atoms with Gasteiger partial charge in [0.15, 0.2) is 5.16 Å². The molecule has 4 rings (SSSR count). The Morgan fingerprint density at radius 1 is 1.16 bits per heavy atom. The molecule has 158 valence electrons. The molecule has 0 aliphatic heterocycles. The van der Waals surface area contributed by atoms with Crippen LogP contribution in [0.1, 0.15) is 11.1 Å². The van der Waals surface area contributed by atoms with Gasteiger partial charge in [0, 0.05) is 10.7 Å². The van der Waals surface area contributed by atoms with E-state index < -0.39 is 0 Å². The van der Waals surface area contributed by atoms with E-state index >= 15 is 0 Å². The lowest BCUT2D eigenvalue weighted by Gasteiger charge is -2.14. The standard InChI is InChI=1S/C24H17ClN4O2S/c1-15-6-11-18(12-20(15)25)29-23(31)19-4-2-3-5-21(19)28-24(29)32-14-22(30)27-17-9-7-16(13-26)8-10-17/h2-12H,14H2,1H3,(H,27,30). The molecule has 8 heteroatoms. The molecule has 1 heterocycles. The van der Waals surface area contributed by atoms with Gasteiger partial charge in [0.1, 0.15) is 0 Å². The Labute approximate surface area is 193 Å². The van der Waals surface area contributed by atoms with Gasteiger partial charge >= 0.3 is 0 Å². The third-order valence-corrected chi connectivity index (χ3v) is 6.13. The Bertz CT molecular complexity index is 1430. The number of nitrogens with one attached hydrogen (secondary N) is 1. The zero-order chi connectivity index (χ0) is 22.7. The van der Waals surface area contributed by atoms with Crippen LogP contribution in [0.4, 0.5) is 5.69 Å². The normalized spacial score (nSPS) is 10.7. The summed E-state index contributed by atoms with van der Waals surface area (Å²) in [5, 5.41) is 13.1. The summed E-state index contributed by atoms with van der Waals surface area (Å²) in [5.74, 6) is -0.208. The number of para-hydroxylation sites is 1. The van der Waals surface area contributed by atoms with Crippen molar-refractivity contribution < 1.29 is 4.79 Å². The number of anilines is 1. The summed E-state index contributed by atoms with van der Waals surface area (Å²) in [5.41, 5.74) is 2.90. The smallest absolute Gasteiger partial charge is 0.266 e. The maximum atomic E-state index is 13.3. The Kier molecular flexibility index (Phi) is 6.26. The molecule has 0 unspecified atom stereocenters. The molecule has 1 aromatic heterocycles. The van der Waals surface area contributed by atoms with Gasteiger partial charge < -0.3 is 5.32 Å². The first-order valence-corrected chi connectivity index (χ1v) is 11.0. The second kappa shape index (κ2) is 9.27. The number of amides is 1. The topological polar surface area (TPSA) is 87.8 Å². The SMILES string of the molecule is Cc1ccc(-n2c(SCC(=O)Nc3ccc(C#N)cc3)nc3ccccc3c2=O)cc1Cl. The molecule has 0 radical (unpaired) electrons. The number of aryl methyl sites for hydroxylation is 1. The van der Waals surface area contributed by atoms with E-state index in [1.165, 1.54) is 4.57 Å². The molecule has 0 fully saturated rings. The number of rotatable bonds is 5. The summed E-state index contributed by atoms with van der Waals surface area (Å²) in [6, 6.07) is 21.1. The number of halogens is 1. The lowest BCUT2D eigenvalue weighted by molar-refractivity contribution is -0.113. The number of nitrogens with zero attached hydrogens (tertiary/aromatic N) is 3. The van der Waals surface area contributed by atoms with Crippen LogP contribution in [0.3, 0.4) is 0 Å². The monoisotopic (exact) mass is 460 g/mol. The predicted molar refractivity (Wildman–Crippen MR) is 128 cm³/mol. The van der Waals surface area contributed by atoms with Crippen LogP contribution in [-0.4, -0.2) is 21.2 Å². The summed E-state index contributed by atoms with van der Waals surface area (Å²) < 4.78 is 1.48. The number of hydrogen-bond donors (Lipinski definition) is 1. The van der Waals surface area contributed by atoms with Crippen molar-refractivity contribution in [2.75, 3.05) is 11.1 Å². The van der Waals surface area contributed by atoms with Gasteiger partial charge in [-0.1, -0.05) is 41.6 Å². The van der Waals surface area contributed by atoms with Crippen LogP contribution in [0.2, 0.25) is 5.02 Å². The van der Waals surface area contributed by atoms with Crippen molar-refractivity contribution in [1.82, 2.24) is 9.55 Å². The van der Waals surface area contributed by atoms with Gasteiger partial charge in [-0.05, 0) is 61.0 Å². The highest BCUT2D eigenvalue weighted by Crippen LogP contribution is 2.25. The molecule has 0 aliphatic rings. The Morgan fingerprint density at radius 3 is 2.62 bits per heavy atom. The van der Waals surface area contributed by atoms with Crippen molar-refractivity contribution in [3.8, 4) is 11.8 Å². The number of nitriles is 1. The molecular formula is C24H17ClN4O2S. The molecule has 4 aromatic rings. The van der Waals surface area contributed by atoms with E-state index in [0.717, 1.165) is 17.3 Å². The number of thioether (sulfide) groups is 1. The van der Waals surface area contributed by atoms with E-state index in [2.05, 4.69) is 10.3 Å². The van der Waals surface area contributed by atoms with Crippen molar-refractivity contribution >= 4 is 45.9 Å². The molecular weight excluding hydrogens is 444 g/mol. The fraction of sp³-hybridized carbons (Fsp3) is 0.0833. The highest BCUT2D eigenvalue weighted by molar-refractivity contribution is 7.99. The molecule has 0 aliphatic carbocycles. The van der Waals surface area contributed by atoms with E-state index in [-0.39, 0.29) is 17.2 Å². The second-order valence-corrected chi connectivity index (χ2v) is 8.36. The van der Waals surface area contributed by atoms with Gasteiger partial charge in [0.2, 0.25) is 5.91 Å². The minimum Gasteiger partial charge on any atom is -0.325 e. The number of carbonyl (C=O) groups excluding carboxylic acids is 1. The van der Waals surface area contributed by atoms with E-state index in [1.807, 2.05) is 25.1 Å². The van der Waals surface area contributed by atoms with Gasteiger partial charge in [0.25, 0.3) is 5.56 Å². The Morgan fingerprint density at radius 2 is 1.91 bits per heavy atom. The first kappa shape index (κ1) is 21.6. The molecule has 1 amide bonds. The number of hydrogen-bond acceptors (Lipinski definition) is 5. The third-order valence-electron chi connectivity index (χ3n) is 4.79. The predicted octanol–water partition coefficient (Wildman–Crippen LogP) is 4.95. The number of carbonyl (C=O) groups is 1. The van der Waals surface area contributed by atoms with Crippen molar-refractivity contribution in [2.24, 2.45) is 0 Å². The number of aromatic nitrogens is 2. The first-order valence-electron chi connectivity index (χ1n) is 9.67. The van der Waals surface area contributed by atoms with E-state index in [0.29, 0.717) is 38.0 Å².